The maximum absolute atomic E-state index is 12.1. The second kappa shape index (κ2) is 8.06. The predicted molar refractivity (Wildman–Crippen MR) is 110 cm³/mol. The van der Waals surface area contributed by atoms with E-state index in [1.165, 1.54) is 11.8 Å². The second-order valence-electron chi connectivity index (χ2n) is 6.89. The largest absolute Gasteiger partial charge is 0.333 e. The molecule has 0 aliphatic carbocycles. The molecule has 0 fully saturated rings. The number of amides is 3. The van der Waals surface area contributed by atoms with Crippen molar-refractivity contribution in [2.24, 2.45) is 0 Å². The van der Waals surface area contributed by atoms with Gasteiger partial charge in [-0.25, -0.2) is 14.8 Å². The van der Waals surface area contributed by atoms with E-state index in [4.69, 9.17) is 0 Å². The van der Waals surface area contributed by atoms with Crippen molar-refractivity contribution in [3.05, 3.63) is 41.8 Å². The molecule has 3 rings (SSSR count). The summed E-state index contributed by atoms with van der Waals surface area (Å²) in [6.45, 7) is 5.56. The van der Waals surface area contributed by atoms with Crippen LogP contribution in [0, 0.1) is 0 Å². The number of urea groups is 1. The zero-order valence-corrected chi connectivity index (χ0v) is 16.9. The normalized spacial score (nSPS) is 11.4. The number of imide groups is 1. The Morgan fingerprint density at radius 2 is 1.89 bits per heavy atom. The molecule has 0 unspecified atom stereocenters. The highest BCUT2D eigenvalue weighted by atomic mass is 32.2. The number of fused-ring (bicyclic) bond motifs is 1. The van der Waals surface area contributed by atoms with Crippen LogP contribution in [-0.2, 0) is 4.79 Å². The Hall–Kier alpha value is -2.45. The van der Waals surface area contributed by atoms with E-state index in [-0.39, 0.29) is 11.7 Å². The summed E-state index contributed by atoms with van der Waals surface area (Å²) in [5, 5.41) is 8.62. The molecule has 2 aromatic heterocycles. The van der Waals surface area contributed by atoms with Crippen molar-refractivity contribution >= 4 is 45.9 Å². The summed E-state index contributed by atoms with van der Waals surface area (Å²) in [4.78, 5) is 34.2. The molecule has 0 saturated heterocycles. The molecule has 2 N–H and O–H groups in total. The van der Waals surface area contributed by atoms with Gasteiger partial charge in [-0.15, -0.1) is 11.3 Å². The Kier molecular flexibility index (Phi) is 5.76. The van der Waals surface area contributed by atoms with Gasteiger partial charge in [0.05, 0.1) is 16.1 Å². The van der Waals surface area contributed by atoms with Gasteiger partial charge in [-0.05, 0) is 38.3 Å². The average molecular weight is 401 g/mol. The number of carbonyl (C=O) groups is 2. The molecule has 0 aliphatic rings. The fourth-order valence-corrected chi connectivity index (χ4v) is 3.82. The third-order valence-electron chi connectivity index (χ3n) is 3.39. The highest BCUT2D eigenvalue weighted by Gasteiger charge is 2.17. The first kappa shape index (κ1) is 19.3. The topological polar surface area (TPSA) is 84.0 Å². The third kappa shape index (κ3) is 5.27. The molecule has 0 spiro atoms. The van der Waals surface area contributed by atoms with Crippen LogP contribution in [0.5, 0.6) is 0 Å². The van der Waals surface area contributed by atoms with Gasteiger partial charge in [0.15, 0.2) is 5.82 Å². The van der Waals surface area contributed by atoms with Gasteiger partial charge in [0, 0.05) is 10.9 Å². The molecule has 8 heteroatoms. The number of nitrogens with zero attached hydrogens (tertiary/aromatic N) is 2. The van der Waals surface area contributed by atoms with Crippen LogP contribution in [0.2, 0.25) is 0 Å². The van der Waals surface area contributed by atoms with Gasteiger partial charge in [-0.1, -0.05) is 36.0 Å². The van der Waals surface area contributed by atoms with Crippen LogP contribution in [0.15, 0.2) is 46.8 Å². The lowest BCUT2D eigenvalue weighted by molar-refractivity contribution is -0.117. The van der Waals surface area contributed by atoms with Crippen LogP contribution >= 0.6 is 23.1 Å². The summed E-state index contributed by atoms with van der Waals surface area (Å²) >= 11 is 2.86. The molecule has 0 radical (unpaired) electrons. The molecular formula is C19H20N4O2S2. The van der Waals surface area contributed by atoms with Crippen molar-refractivity contribution in [3.63, 3.8) is 0 Å². The summed E-state index contributed by atoms with van der Waals surface area (Å²) in [6, 6.07) is 11.1. The van der Waals surface area contributed by atoms with E-state index in [1.807, 2.05) is 62.5 Å². The number of thioether (sulfide) groups is 1. The average Bonchev–Trinajstić information content (AvgIpc) is 3.12. The third-order valence-corrected chi connectivity index (χ3v) is 5.25. The van der Waals surface area contributed by atoms with E-state index in [2.05, 4.69) is 20.6 Å². The molecule has 27 heavy (non-hydrogen) atoms. The lowest BCUT2D eigenvalue weighted by Gasteiger charge is -2.20. The van der Waals surface area contributed by atoms with Crippen LogP contribution in [-0.4, -0.2) is 33.2 Å². The molecule has 3 aromatic rings. The monoisotopic (exact) mass is 400 g/mol. The van der Waals surface area contributed by atoms with Crippen molar-refractivity contribution in [3.8, 4) is 10.7 Å². The Bertz CT molecular complexity index is 966. The lowest BCUT2D eigenvalue weighted by atomic mass is 10.1. The Balaban J connectivity index is 1.76. The van der Waals surface area contributed by atoms with E-state index in [0.717, 1.165) is 20.8 Å². The maximum atomic E-state index is 12.1. The van der Waals surface area contributed by atoms with E-state index < -0.39 is 11.6 Å². The first-order chi connectivity index (χ1) is 12.8. The number of hydrogen-bond acceptors (Lipinski definition) is 6. The van der Waals surface area contributed by atoms with E-state index in [1.54, 1.807) is 11.3 Å². The Morgan fingerprint density at radius 3 is 2.59 bits per heavy atom. The first-order valence-corrected chi connectivity index (χ1v) is 10.2. The van der Waals surface area contributed by atoms with Crippen LogP contribution in [0.25, 0.3) is 21.6 Å². The molecule has 6 nitrogen and oxygen atoms in total. The minimum Gasteiger partial charge on any atom is -0.333 e. The number of benzene rings is 1. The number of nitrogens with one attached hydrogen (secondary N) is 2. The lowest BCUT2D eigenvalue weighted by Crippen LogP contribution is -2.48. The van der Waals surface area contributed by atoms with Crippen molar-refractivity contribution in [1.29, 1.82) is 0 Å². The van der Waals surface area contributed by atoms with Crippen molar-refractivity contribution in [2.75, 3.05) is 5.75 Å². The quantitative estimate of drug-likeness (QED) is 0.509. The van der Waals surface area contributed by atoms with Gasteiger partial charge in [0.25, 0.3) is 0 Å². The van der Waals surface area contributed by atoms with Gasteiger partial charge in [-0.2, -0.15) is 0 Å². The highest BCUT2D eigenvalue weighted by molar-refractivity contribution is 8.00. The molecule has 0 atom stereocenters. The number of carbonyl (C=O) groups excluding carboxylic acids is 2. The zero-order chi connectivity index (χ0) is 19.4. The van der Waals surface area contributed by atoms with Crippen molar-refractivity contribution < 1.29 is 9.59 Å². The van der Waals surface area contributed by atoms with Gasteiger partial charge >= 0.3 is 6.03 Å². The van der Waals surface area contributed by atoms with Crippen LogP contribution in [0.3, 0.4) is 0 Å². The minimum absolute atomic E-state index is 0.0858. The van der Waals surface area contributed by atoms with Crippen LogP contribution in [0.1, 0.15) is 20.8 Å². The van der Waals surface area contributed by atoms with E-state index >= 15 is 0 Å². The number of thiophene rings is 1. The molecule has 0 aliphatic heterocycles. The summed E-state index contributed by atoms with van der Waals surface area (Å²) < 4.78 is 0. The van der Waals surface area contributed by atoms with Crippen LogP contribution in [0.4, 0.5) is 4.79 Å². The Morgan fingerprint density at radius 1 is 1.11 bits per heavy atom. The SMILES string of the molecule is CC(C)(C)NC(=O)NC(=O)CSc1nc(-c2cccs2)nc2ccccc12. The fourth-order valence-electron chi connectivity index (χ4n) is 2.34. The number of aromatic nitrogens is 2. The maximum Gasteiger partial charge on any atom is 0.321 e. The van der Waals surface area contributed by atoms with E-state index in [0.29, 0.717) is 5.82 Å². The summed E-state index contributed by atoms with van der Waals surface area (Å²) in [6.07, 6.45) is 0. The summed E-state index contributed by atoms with van der Waals surface area (Å²) in [5.41, 5.74) is 0.417. The zero-order valence-electron chi connectivity index (χ0n) is 15.3. The van der Waals surface area contributed by atoms with Gasteiger partial charge in [0.2, 0.25) is 5.91 Å². The predicted octanol–water partition coefficient (Wildman–Crippen LogP) is 4.07. The molecular weight excluding hydrogens is 380 g/mol. The summed E-state index contributed by atoms with van der Waals surface area (Å²) in [5.74, 6) is 0.349. The van der Waals surface area contributed by atoms with E-state index in [9.17, 15) is 9.59 Å². The molecule has 140 valence electrons. The molecule has 1 aromatic carbocycles. The molecule has 2 heterocycles. The molecule has 3 amide bonds. The van der Waals surface area contributed by atoms with Gasteiger partial charge in [0.1, 0.15) is 5.03 Å². The van der Waals surface area contributed by atoms with Crippen LogP contribution < -0.4 is 10.6 Å². The molecule has 0 saturated carbocycles. The number of rotatable bonds is 4. The van der Waals surface area contributed by atoms with Gasteiger partial charge < -0.3 is 5.32 Å². The highest BCUT2D eigenvalue weighted by Crippen LogP contribution is 2.29. The molecule has 0 bridgehead atoms. The van der Waals surface area contributed by atoms with Gasteiger partial charge in [-0.3, -0.25) is 10.1 Å². The smallest absolute Gasteiger partial charge is 0.321 e. The first-order valence-electron chi connectivity index (χ1n) is 8.37. The fraction of sp³-hybridized carbons (Fsp3) is 0.263. The number of para-hydroxylation sites is 1. The second-order valence-corrected chi connectivity index (χ2v) is 8.80. The minimum atomic E-state index is -0.500. The van der Waals surface area contributed by atoms with Crippen molar-refractivity contribution in [2.45, 2.75) is 31.3 Å². The number of hydrogen-bond donors (Lipinski definition) is 2. The van der Waals surface area contributed by atoms with Crippen molar-refractivity contribution in [1.82, 2.24) is 20.6 Å². The Labute approximate surface area is 165 Å². The summed E-state index contributed by atoms with van der Waals surface area (Å²) in [7, 11) is 0. The standard InChI is InChI=1S/C19H20N4O2S2/c1-19(2,3)23-18(25)21-15(24)11-27-17-12-7-4-5-8-13(12)20-16(22-17)14-9-6-10-26-14/h4-10H,11H2,1-3H3,(H2,21,23,24,25).